The van der Waals surface area contributed by atoms with Crippen molar-refractivity contribution < 1.29 is 22.7 Å². The summed E-state index contributed by atoms with van der Waals surface area (Å²) in [5.41, 5.74) is 0.254. The molecule has 162 valence electrons. The minimum absolute atomic E-state index is 0.0593. The summed E-state index contributed by atoms with van der Waals surface area (Å²) in [6.07, 6.45) is -3.72. The minimum Gasteiger partial charge on any atom is -0.492 e. The number of amides is 2. The Hall–Kier alpha value is -2.68. The summed E-state index contributed by atoms with van der Waals surface area (Å²) in [6.45, 7) is 4.36. The zero-order chi connectivity index (χ0) is 21.7. The van der Waals surface area contributed by atoms with Crippen LogP contribution in [0.15, 0.2) is 36.5 Å². The number of halogens is 4. The van der Waals surface area contributed by atoms with Gasteiger partial charge < -0.3 is 19.9 Å². The first-order valence-corrected chi connectivity index (χ1v) is 9.82. The highest BCUT2D eigenvalue weighted by Gasteiger charge is 2.32. The summed E-state index contributed by atoms with van der Waals surface area (Å²) >= 11 is 6.00. The third-order valence-corrected chi connectivity index (χ3v) is 4.96. The molecule has 0 spiro atoms. The van der Waals surface area contributed by atoms with Gasteiger partial charge in [0.2, 0.25) is 0 Å². The molecule has 1 saturated heterocycles. The summed E-state index contributed by atoms with van der Waals surface area (Å²) < 4.78 is 43.8. The van der Waals surface area contributed by atoms with Gasteiger partial charge in [-0.1, -0.05) is 29.3 Å². The molecule has 1 aromatic carbocycles. The minimum atomic E-state index is -4.49. The number of benzene rings is 1. The molecule has 10 heteroatoms. The molecular formula is C20H22ClF3N4O2. The number of pyridine rings is 1. The van der Waals surface area contributed by atoms with E-state index in [9.17, 15) is 18.0 Å². The van der Waals surface area contributed by atoms with Gasteiger partial charge in [-0.2, -0.15) is 13.2 Å². The van der Waals surface area contributed by atoms with Gasteiger partial charge >= 0.3 is 12.2 Å². The van der Waals surface area contributed by atoms with E-state index in [2.05, 4.69) is 10.3 Å². The van der Waals surface area contributed by atoms with E-state index in [0.29, 0.717) is 39.3 Å². The van der Waals surface area contributed by atoms with Crippen LogP contribution in [0.2, 0.25) is 5.02 Å². The van der Waals surface area contributed by atoms with E-state index < -0.39 is 11.7 Å². The molecular weight excluding hydrogens is 421 g/mol. The number of anilines is 1. The molecule has 0 bridgehead atoms. The average Bonchev–Trinajstić information content (AvgIpc) is 2.72. The lowest BCUT2D eigenvalue weighted by Gasteiger charge is -2.35. The van der Waals surface area contributed by atoms with Gasteiger partial charge in [0, 0.05) is 32.4 Å². The van der Waals surface area contributed by atoms with Crippen LogP contribution in [-0.4, -0.2) is 55.2 Å². The standard InChI is InChI=1S/C20H22ClF3N4O2/c1-14-2-4-16(5-3-14)30-11-6-25-19(29)28-9-7-27(8-10-28)18-17(21)12-15(13-26-18)20(22,23)24/h2-5,12-13H,6-11H2,1H3,(H,25,29). The van der Waals surface area contributed by atoms with Crippen LogP contribution in [0.4, 0.5) is 23.8 Å². The molecule has 2 heterocycles. The van der Waals surface area contributed by atoms with Gasteiger partial charge in [-0.15, -0.1) is 0 Å². The number of hydrogen-bond acceptors (Lipinski definition) is 4. The highest BCUT2D eigenvalue weighted by molar-refractivity contribution is 6.33. The van der Waals surface area contributed by atoms with Crippen LogP contribution in [0.1, 0.15) is 11.1 Å². The molecule has 3 rings (SSSR count). The number of nitrogens with one attached hydrogen (secondary N) is 1. The normalized spacial score (nSPS) is 14.6. The lowest BCUT2D eigenvalue weighted by atomic mass is 10.2. The number of urea groups is 1. The molecule has 1 fully saturated rings. The number of carbonyl (C=O) groups is 1. The summed E-state index contributed by atoms with van der Waals surface area (Å²) in [5.74, 6) is 1.03. The fourth-order valence-corrected chi connectivity index (χ4v) is 3.30. The topological polar surface area (TPSA) is 57.7 Å². The summed E-state index contributed by atoms with van der Waals surface area (Å²) in [6, 6.07) is 8.30. The molecule has 2 amide bonds. The lowest BCUT2D eigenvalue weighted by Crippen LogP contribution is -2.52. The second kappa shape index (κ2) is 9.42. The quantitative estimate of drug-likeness (QED) is 0.712. The van der Waals surface area contributed by atoms with Crippen molar-refractivity contribution in [2.45, 2.75) is 13.1 Å². The summed E-state index contributed by atoms with van der Waals surface area (Å²) in [5, 5.41) is 2.74. The van der Waals surface area contributed by atoms with Crippen molar-refractivity contribution >= 4 is 23.4 Å². The van der Waals surface area contributed by atoms with E-state index in [4.69, 9.17) is 16.3 Å². The van der Waals surface area contributed by atoms with Gasteiger partial charge in [-0.05, 0) is 25.1 Å². The highest BCUT2D eigenvalue weighted by atomic mass is 35.5. The molecule has 0 unspecified atom stereocenters. The van der Waals surface area contributed by atoms with Crippen LogP contribution in [-0.2, 0) is 6.18 Å². The molecule has 1 aromatic heterocycles. The van der Waals surface area contributed by atoms with Crippen molar-refractivity contribution in [3.63, 3.8) is 0 Å². The Balaban J connectivity index is 1.43. The van der Waals surface area contributed by atoms with Crippen LogP contribution in [0, 0.1) is 6.92 Å². The summed E-state index contributed by atoms with van der Waals surface area (Å²) in [4.78, 5) is 19.6. The maximum Gasteiger partial charge on any atom is 0.417 e. The molecule has 2 aromatic rings. The van der Waals surface area contributed by atoms with Crippen molar-refractivity contribution in [1.82, 2.24) is 15.2 Å². The van der Waals surface area contributed by atoms with Gasteiger partial charge in [-0.25, -0.2) is 9.78 Å². The van der Waals surface area contributed by atoms with Crippen molar-refractivity contribution in [3.8, 4) is 5.75 Å². The predicted octanol–water partition coefficient (Wildman–Crippen LogP) is 3.97. The zero-order valence-corrected chi connectivity index (χ0v) is 17.1. The Labute approximate surface area is 177 Å². The van der Waals surface area contributed by atoms with Crippen molar-refractivity contribution in [1.29, 1.82) is 0 Å². The Bertz CT molecular complexity index is 869. The molecule has 6 nitrogen and oxygen atoms in total. The van der Waals surface area contributed by atoms with Crippen molar-refractivity contribution in [2.24, 2.45) is 0 Å². The van der Waals surface area contributed by atoms with E-state index in [1.807, 2.05) is 31.2 Å². The van der Waals surface area contributed by atoms with E-state index in [0.717, 1.165) is 23.6 Å². The molecule has 0 saturated carbocycles. The second-order valence-corrected chi connectivity index (χ2v) is 7.30. The average molecular weight is 443 g/mol. The van der Waals surface area contributed by atoms with Crippen LogP contribution in [0.5, 0.6) is 5.75 Å². The molecule has 1 aliphatic heterocycles. The molecule has 0 radical (unpaired) electrons. The molecule has 30 heavy (non-hydrogen) atoms. The first kappa shape index (κ1) is 22.0. The number of alkyl halides is 3. The number of ether oxygens (including phenoxy) is 1. The van der Waals surface area contributed by atoms with Crippen molar-refractivity contribution in [3.05, 3.63) is 52.7 Å². The Morgan fingerprint density at radius 3 is 2.47 bits per heavy atom. The van der Waals surface area contributed by atoms with E-state index in [1.165, 1.54) is 0 Å². The highest BCUT2D eigenvalue weighted by Crippen LogP contribution is 2.33. The predicted molar refractivity (Wildman–Crippen MR) is 108 cm³/mol. The molecule has 1 N–H and O–H groups in total. The van der Waals surface area contributed by atoms with E-state index in [1.54, 1.807) is 9.80 Å². The monoisotopic (exact) mass is 442 g/mol. The van der Waals surface area contributed by atoms with Gasteiger partial charge in [0.25, 0.3) is 0 Å². The second-order valence-electron chi connectivity index (χ2n) is 6.89. The Morgan fingerprint density at radius 1 is 1.20 bits per heavy atom. The number of rotatable bonds is 5. The van der Waals surface area contributed by atoms with Crippen molar-refractivity contribution in [2.75, 3.05) is 44.2 Å². The molecule has 1 aliphatic rings. The van der Waals surface area contributed by atoms with Gasteiger partial charge in [0.15, 0.2) is 0 Å². The maximum atomic E-state index is 12.7. The maximum absolute atomic E-state index is 12.7. The Kier molecular flexibility index (Phi) is 6.91. The third kappa shape index (κ3) is 5.69. The lowest BCUT2D eigenvalue weighted by molar-refractivity contribution is -0.137. The number of piperazine rings is 1. The number of carbonyl (C=O) groups excluding carboxylic acids is 1. The third-order valence-electron chi connectivity index (χ3n) is 4.68. The number of nitrogens with zero attached hydrogens (tertiary/aromatic N) is 3. The summed E-state index contributed by atoms with van der Waals surface area (Å²) in [7, 11) is 0. The molecule has 0 atom stereocenters. The zero-order valence-electron chi connectivity index (χ0n) is 16.4. The van der Waals surface area contributed by atoms with Crippen LogP contribution < -0.4 is 15.0 Å². The fourth-order valence-electron chi connectivity index (χ4n) is 3.01. The molecule has 0 aliphatic carbocycles. The Morgan fingerprint density at radius 2 is 1.87 bits per heavy atom. The number of aryl methyl sites for hydroxylation is 1. The first-order valence-electron chi connectivity index (χ1n) is 9.44. The SMILES string of the molecule is Cc1ccc(OCCNC(=O)N2CCN(c3ncc(C(F)(F)F)cc3Cl)CC2)cc1. The van der Waals surface area contributed by atoms with Gasteiger partial charge in [0.1, 0.15) is 18.2 Å². The van der Waals surface area contributed by atoms with Gasteiger partial charge in [0.05, 0.1) is 17.1 Å². The van der Waals surface area contributed by atoms with Crippen LogP contribution >= 0.6 is 11.6 Å². The van der Waals surface area contributed by atoms with E-state index in [-0.39, 0.29) is 16.9 Å². The van der Waals surface area contributed by atoms with Gasteiger partial charge in [-0.3, -0.25) is 0 Å². The smallest absolute Gasteiger partial charge is 0.417 e. The van der Waals surface area contributed by atoms with E-state index >= 15 is 0 Å². The number of aromatic nitrogens is 1. The first-order chi connectivity index (χ1) is 14.2. The van der Waals surface area contributed by atoms with Crippen LogP contribution in [0.25, 0.3) is 0 Å². The number of hydrogen-bond donors (Lipinski definition) is 1. The fraction of sp³-hybridized carbons (Fsp3) is 0.400. The largest absolute Gasteiger partial charge is 0.492 e. The van der Waals surface area contributed by atoms with Crippen LogP contribution in [0.3, 0.4) is 0 Å².